The summed E-state index contributed by atoms with van der Waals surface area (Å²) in [5, 5.41) is 3.63. The number of methoxy groups -OCH3 is 1. The number of hydrogen-bond donors (Lipinski definition) is 1. The van der Waals surface area contributed by atoms with Gasteiger partial charge >= 0.3 is 0 Å². The van der Waals surface area contributed by atoms with E-state index in [0.717, 1.165) is 9.87 Å². The minimum absolute atomic E-state index is 0.00949. The zero-order valence-electron chi connectivity index (χ0n) is 25.9. The van der Waals surface area contributed by atoms with Crippen LogP contribution >= 0.6 is 23.2 Å². The van der Waals surface area contributed by atoms with Gasteiger partial charge in [-0.1, -0.05) is 96.9 Å². The van der Waals surface area contributed by atoms with E-state index in [9.17, 15) is 18.0 Å². The lowest BCUT2D eigenvalue weighted by Crippen LogP contribution is -2.54. The summed E-state index contributed by atoms with van der Waals surface area (Å²) in [6.07, 6.45) is 0.835. The van der Waals surface area contributed by atoms with Crippen LogP contribution in [-0.2, 0) is 32.6 Å². The number of hydrogen-bond acceptors (Lipinski definition) is 5. The minimum atomic E-state index is -4.28. The normalized spacial score (nSPS) is 12.5. The van der Waals surface area contributed by atoms with Crippen LogP contribution in [0.25, 0.3) is 0 Å². The molecule has 0 aromatic heterocycles. The lowest BCUT2D eigenvalue weighted by atomic mass is 10.0. The Morgan fingerprint density at radius 2 is 1.43 bits per heavy atom. The summed E-state index contributed by atoms with van der Waals surface area (Å²) in [7, 11) is -2.85. The Balaban J connectivity index is 1.86. The molecule has 0 spiro atoms. The van der Waals surface area contributed by atoms with E-state index < -0.39 is 28.5 Å². The van der Waals surface area contributed by atoms with Gasteiger partial charge in [0.05, 0.1) is 17.7 Å². The topological polar surface area (TPSA) is 96.0 Å². The van der Waals surface area contributed by atoms with E-state index in [-0.39, 0.29) is 41.2 Å². The van der Waals surface area contributed by atoms with Crippen LogP contribution < -0.4 is 14.4 Å². The van der Waals surface area contributed by atoms with E-state index in [0.29, 0.717) is 22.0 Å². The molecule has 0 aliphatic rings. The fourth-order valence-corrected chi connectivity index (χ4v) is 6.88. The SMILES string of the molecule is CC[C@@H](C)NC(=O)[C@@H](Cc1ccccc1)N(Cc1c(Cl)cccc1Cl)C(=O)CN(c1ccccc1OC)S(=O)(=O)c1ccccc1. The number of nitrogens with one attached hydrogen (secondary N) is 1. The summed E-state index contributed by atoms with van der Waals surface area (Å²) in [6, 6.07) is 27.5. The van der Waals surface area contributed by atoms with Gasteiger partial charge in [0.1, 0.15) is 18.3 Å². The number of halogens is 2. The summed E-state index contributed by atoms with van der Waals surface area (Å²) in [4.78, 5) is 30.0. The molecule has 46 heavy (non-hydrogen) atoms. The molecule has 0 saturated carbocycles. The van der Waals surface area contributed by atoms with Crippen molar-refractivity contribution < 1.29 is 22.7 Å². The van der Waals surface area contributed by atoms with E-state index >= 15 is 0 Å². The van der Waals surface area contributed by atoms with Gasteiger partial charge in [0.15, 0.2) is 0 Å². The van der Waals surface area contributed by atoms with Crippen molar-refractivity contribution in [1.29, 1.82) is 0 Å². The average Bonchev–Trinajstić information content (AvgIpc) is 3.06. The van der Waals surface area contributed by atoms with Crippen molar-refractivity contribution in [3.8, 4) is 5.75 Å². The fraction of sp³-hybridized carbons (Fsp3) is 0.257. The number of para-hydroxylation sites is 2. The highest BCUT2D eigenvalue weighted by atomic mass is 35.5. The Morgan fingerprint density at radius 3 is 2.04 bits per heavy atom. The molecule has 0 bridgehead atoms. The van der Waals surface area contributed by atoms with Gasteiger partial charge in [0.2, 0.25) is 11.8 Å². The molecule has 8 nitrogen and oxygen atoms in total. The molecular formula is C35H37Cl2N3O5S. The summed E-state index contributed by atoms with van der Waals surface area (Å²) < 4.78 is 34.9. The van der Waals surface area contributed by atoms with E-state index in [4.69, 9.17) is 27.9 Å². The molecule has 0 fully saturated rings. The standard InChI is InChI=1S/C35H37Cl2N3O5S/c1-4-25(2)38-35(42)32(22-26-14-7-5-8-15-26)39(23-28-29(36)18-13-19-30(28)37)34(41)24-40(31-20-11-12-21-33(31)45-3)46(43,44)27-16-9-6-10-17-27/h5-21,25,32H,4,22-24H2,1-3H3,(H,38,42)/t25-,32-/m1/s1. The number of sulfonamides is 1. The first kappa shape index (κ1) is 34.8. The van der Waals surface area contributed by atoms with Crippen molar-refractivity contribution in [3.63, 3.8) is 0 Å². The highest BCUT2D eigenvalue weighted by Crippen LogP contribution is 2.33. The molecule has 0 radical (unpaired) electrons. The maximum atomic E-state index is 14.6. The molecular weight excluding hydrogens is 645 g/mol. The number of carbonyl (C=O) groups is 2. The highest BCUT2D eigenvalue weighted by Gasteiger charge is 2.36. The molecule has 11 heteroatoms. The molecule has 242 valence electrons. The summed E-state index contributed by atoms with van der Waals surface area (Å²) >= 11 is 13.2. The number of benzene rings is 4. The predicted molar refractivity (Wildman–Crippen MR) is 183 cm³/mol. The fourth-order valence-electron chi connectivity index (χ4n) is 4.92. The highest BCUT2D eigenvalue weighted by molar-refractivity contribution is 7.92. The summed E-state index contributed by atoms with van der Waals surface area (Å²) in [6.45, 7) is 3.04. The maximum absolute atomic E-state index is 14.6. The van der Waals surface area contributed by atoms with E-state index in [1.165, 1.54) is 24.1 Å². The van der Waals surface area contributed by atoms with Crippen molar-refractivity contribution >= 4 is 50.7 Å². The third kappa shape index (κ3) is 8.40. The Kier molecular flexibility index (Phi) is 12.1. The number of carbonyl (C=O) groups excluding carboxylic acids is 2. The monoisotopic (exact) mass is 681 g/mol. The van der Waals surface area contributed by atoms with Gasteiger partial charge in [-0.05, 0) is 55.3 Å². The van der Waals surface area contributed by atoms with Gasteiger partial charge in [0, 0.05) is 34.6 Å². The first-order valence-electron chi connectivity index (χ1n) is 14.8. The summed E-state index contributed by atoms with van der Waals surface area (Å²) in [5.74, 6) is -0.767. The number of ether oxygens (including phenoxy) is 1. The largest absolute Gasteiger partial charge is 0.495 e. The second-order valence-corrected chi connectivity index (χ2v) is 13.4. The smallest absolute Gasteiger partial charge is 0.264 e. The van der Waals surface area contributed by atoms with Crippen LogP contribution in [0.2, 0.25) is 10.0 Å². The van der Waals surface area contributed by atoms with Gasteiger partial charge in [-0.2, -0.15) is 0 Å². The quantitative estimate of drug-likeness (QED) is 0.159. The van der Waals surface area contributed by atoms with Crippen LogP contribution in [0.5, 0.6) is 5.75 Å². The lowest BCUT2D eigenvalue weighted by Gasteiger charge is -2.35. The van der Waals surface area contributed by atoms with Crippen LogP contribution in [0.3, 0.4) is 0 Å². The Morgan fingerprint density at radius 1 is 0.848 bits per heavy atom. The molecule has 4 aromatic carbocycles. The van der Waals surface area contributed by atoms with E-state index in [1.54, 1.807) is 60.7 Å². The number of rotatable bonds is 14. The van der Waals surface area contributed by atoms with Gasteiger partial charge < -0.3 is 15.0 Å². The molecule has 0 aliphatic heterocycles. The van der Waals surface area contributed by atoms with Crippen molar-refractivity contribution in [2.45, 2.75) is 50.2 Å². The van der Waals surface area contributed by atoms with Crippen LogP contribution in [0.4, 0.5) is 5.69 Å². The Labute approximate surface area is 280 Å². The number of anilines is 1. The second kappa shape index (κ2) is 16.0. The third-order valence-corrected chi connectivity index (χ3v) is 10.1. The van der Waals surface area contributed by atoms with Gasteiger partial charge in [0.25, 0.3) is 10.0 Å². The molecule has 0 heterocycles. The number of nitrogens with zero attached hydrogens (tertiary/aromatic N) is 2. The maximum Gasteiger partial charge on any atom is 0.264 e. The molecule has 0 aliphatic carbocycles. The predicted octanol–water partition coefficient (Wildman–Crippen LogP) is 6.75. The minimum Gasteiger partial charge on any atom is -0.495 e. The van der Waals surface area contributed by atoms with E-state index in [1.807, 2.05) is 44.2 Å². The Bertz CT molecular complexity index is 1720. The van der Waals surface area contributed by atoms with Crippen molar-refractivity contribution in [3.05, 3.63) is 124 Å². The average molecular weight is 683 g/mol. The van der Waals surface area contributed by atoms with Gasteiger partial charge in [-0.3, -0.25) is 13.9 Å². The molecule has 4 aromatic rings. The second-order valence-electron chi connectivity index (χ2n) is 10.7. The Hall–Kier alpha value is -4.05. The molecule has 0 saturated heterocycles. The van der Waals surface area contributed by atoms with Crippen molar-refractivity contribution in [1.82, 2.24) is 10.2 Å². The lowest BCUT2D eigenvalue weighted by molar-refractivity contribution is -0.140. The van der Waals surface area contributed by atoms with Gasteiger partial charge in [-0.25, -0.2) is 8.42 Å². The summed E-state index contributed by atoms with van der Waals surface area (Å²) in [5.41, 5.74) is 1.42. The van der Waals surface area contributed by atoms with Crippen molar-refractivity contribution in [2.24, 2.45) is 0 Å². The number of amides is 2. The molecule has 2 atom stereocenters. The zero-order chi connectivity index (χ0) is 33.3. The van der Waals surface area contributed by atoms with Crippen LogP contribution in [-0.4, -0.2) is 50.9 Å². The molecule has 2 amide bonds. The van der Waals surface area contributed by atoms with Crippen LogP contribution in [0, 0.1) is 0 Å². The zero-order valence-corrected chi connectivity index (χ0v) is 28.2. The first-order valence-corrected chi connectivity index (χ1v) is 17.0. The molecule has 4 rings (SSSR count). The van der Waals surface area contributed by atoms with Crippen LogP contribution in [0.1, 0.15) is 31.4 Å². The molecule has 0 unspecified atom stereocenters. The van der Waals surface area contributed by atoms with Crippen LogP contribution in [0.15, 0.2) is 108 Å². The first-order chi connectivity index (χ1) is 22.1. The van der Waals surface area contributed by atoms with Gasteiger partial charge in [-0.15, -0.1) is 0 Å². The van der Waals surface area contributed by atoms with Crippen molar-refractivity contribution in [2.75, 3.05) is 18.0 Å². The van der Waals surface area contributed by atoms with E-state index in [2.05, 4.69) is 5.32 Å². The molecule has 1 N–H and O–H groups in total. The third-order valence-electron chi connectivity index (χ3n) is 7.63.